The summed E-state index contributed by atoms with van der Waals surface area (Å²) in [6.07, 6.45) is 2.42. The summed E-state index contributed by atoms with van der Waals surface area (Å²) in [7, 11) is 0. The fraction of sp³-hybridized carbons (Fsp3) is 0.182. The maximum absolute atomic E-state index is 5.35. The molecule has 0 amide bonds. The molecule has 0 bridgehead atoms. The van der Waals surface area contributed by atoms with Gasteiger partial charge in [-0.15, -0.1) is 0 Å². The van der Waals surface area contributed by atoms with Crippen LogP contribution in [0.4, 0.5) is 0 Å². The van der Waals surface area contributed by atoms with Gasteiger partial charge in [0.05, 0.1) is 17.4 Å². The molecule has 2 aromatic rings. The molecule has 1 aromatic heterocycles. The van der Waals surface area contributed by atoms with E-state index in [0.717, 1.165) is 23.0 Å². The Morgan fingerprint density at radius 1 is 1.43 bits per heavy atom. The first-order chi connectivity index (χ1) is 6.90. The van der Waals surface area contributed by atoms with Crippen molar-refractivity contribution in [2.75, 3.05) is 6.54 Å². The number of benzene rings is 1. The highest BCUT2D eigenvalue weighted by atomic mass is 14.9. The molecule has 3 nitrogen and oxygen atoms in total. The van der Waals surface area contributed by atoms with E-state index >= 15 is 0 Å². The van der Waals surface area contributed by atoms with Crippen LogP contribution in [0.25, 0.3) is 11.0 Å². The minimum atomic E-state index is 0.610. The minimum absolute atomic E-state index is 0.610. The molecule has 0 unspecified atom stereocenters. The van der Waals surface area contributed by atoms with Crippen LogP contribution >= 0.6 is 0 Å². The summed E-state index contributed by atoms with van der Waals surface area (Å²) in [6.45, 7) is 0.610. The maximum Gasteiger partial charge on any atom is 0.0931 e. The smallest absolute Gasteiger partial charge is 0.0931 e. The van der Waals surface area contributed by atoms with Gasteiger partial charge in [-0.3, -0.25) is 0 Å². The van der Waals surface area contributed by atoms with Crippen LogP contribution in [0.2, 0.25) is 0 Å². The zero-order valence-corrected chi connectivity index (χ0v) is 7.75. The third kappa shape index (κ3) is 1.76. The van der Waals surface area contributed by atoms with Gasteiger partial charge in [-0.2, -0.15) is 0 Å². The lowest BCUT2D eigenvalue weighted by Crippen LogP contribution is -1.95. The first-order valence-electron chi connectivity index (χ1n) is 4.52. The van der Waals surface area contributed by atoms with E-state index in [1.54, 1.807) is 6.33 Å². The van der Waals surface area contributed by atoms with E-state index < -0.39 is 0 Å². The molecule has 70 valence electrons. The summed E-state index contributed by atoms with van der Waals surface area (Å²) >= 11 is 0. The van der Waals surface area contributed by atoms with Crippen LogP contribution in [0.15, 0.2) is 24.5 Å². The SMILES string of the molecule is NCCC#Cc1ccc2nc[nH]c2c1. The summed E-state index contributed by atoms with van der Waals surface area (Å²) < 4.78 is 0. The van der Waals surface area contributed by atoms with Crippen molar-refractivity contribution in [2.45, 2.75) is 6.42 Å². The quantitative estimate of drug-likeness (QED) is 0.657. The predicted octanol–water partition coefficient (Wildman–Crippen LogP) is 1.26. The lowest BCUT2D eigenvalue weighted by atomic mass is 10.2. The summed E-state index contributed by atoms with van der Waals surface area (Å²) in [5.74, 6) is 6.05. The molecule has 3 heteroatoms. The van der Waals surface area contributed by atoms with Gasteiger partial charge >= 0.3 is 0 Å². The van der Waals surface area contributed by atoms with Gasteiger partial charge in [-0.05, 0) is 18.2 Å². The van der Waals surface area contributed by atoms with Gasteiger partial charge in [0.2, 0.25) is 0 Å². The Morgan fingerprint density at radius 2 is 2.36 bits per heavy atom. The first kappa shape index (κ1) is 8.79. The first-order valence-corrected chi connectivity index (χ1v) is 4.52. The minimum Gasteiger partial charge on any atom is -0.345 e. The van der Waals surface area contributed by atoms with Crippen LogP contribution in [0.5, 0.6) is 0 Å². The van der Waals surface area contributed by atoms with Gasteiger partial charge in [-0.25, -0.2) is 4.98 Å². The van der Waals surface area contributed by atoms with Crippen LogP contribution in [-0.2, 0) is 0 Å². The van der Waals surface area contributed by atoms with Crippen molar-refractivity contribution in [2.24, 2.45) is 5.73 Å². The zero-order chi connectivity index (χ0) is 9.80. The van der Waals surface area contributed by atoms with Crippen LogP contribution < -0.4 is 5.73 Å². The van der Waals surface area contributed by atoms with E-state index in [0.29, 0.717) is 6.54 Å². The van der Waals surface area contributed by atoms with Crippen molar-refractivity contribution < 1.29 is 0 Å². The Morgan fingerprint density at radius 3 is 3.21 bits per heavy atom. The second-order valence-corrected chi connectivity index (χ2v) is 2.97. The van der Waals surface area contributed by atoms with E-state index in [2.05, 4.69) is 21.8 Å². The number of hydrogen-bond acceptors (Lipinski definition) is 2. The molecular formula is C11H11N3. The van der Waals surface area contributed by atoms with Crippen LogP contribution in [-0.4, -0.2) is 16.5 Å². The summed E-state index contributed by atoms with van der Waals surface area (Å²) in [5.41, 5.74) is 8.33. The average Bonchev–Trinajstić information content (AvgIpc) is 2.65. The zero-order valence-electron chi connectivity index (χ0n) is 7.75. The van der Waals surface area contributed by atoms with Crippen LogP contribution in [0.1, 0.15) is 12.0 Å². The highest BCUT2D eigenvalue weighted by Gasteiger charge is 1.94. The Labute approximate surface area is 82.3 Å². The molecule has 1 aromatic carbocycles. The Hall–Kier alpha value is -1.79. The molecule has 0 atom stereocenters. The number of rotatable bonds is 1. The van der Waals surface area contributed by atoms with Gasteiger partial charge < -0.3 is 10.7 Å². The fourth-order valence-electron chi connectivity index (χ4n) is 1.25. The summed E-state index contributed by atoms with van der Waals surface area (Å²) in [5, 5.41) is 0. The molecule has 0 radical (unpaired) electrons. The van der Waals surface area contributed by atoms with Crippen LogP contribution in [0.3, 0.4) is 0 Å². The topological polar surface area (TPSA) is 54.7 Å². The van der Waals surface area contributed by atoms with E-state index in [1.165, 1.54) is 0 Å². The standard InChI is InChI=1S/C11H11N3/c12-6-2-1-3-9-4-5-10-11(7-9)14-8-13-10/h4-5,7-8H,2,6,12H2,(H,13,14). The predicted molar refractivity (Wildman–Crippen MR) is 56.6 cm³/mol. The number of nitrogens with one attached hydrogen (secondary N) is 1. The Bertz CT molecular complexity index is 488. The van der Waals surface area contributed by atoms with Crippen molar-refractivity contribution in [3.05, 3.63) is 30.1 Å². The highest BCUT2D eigenvalue weighted by Crippen LogP contribution is 2.10. The van der Waals surface area contributed by atoms with Crippen molar-refractivity contribution >= 4 is 11.0 Å². The number of nitrogens with zero attached hydrogens (tertiary/aromatic N) is 1. The van der Waals surface area contributed by atoms with Crippen molar-refractivity contribution in [1.29, 1.82) is 0 Å². The molecule has 0 saturated heterocycles. The molecule has 0 saturated carbocycles. The number of H-pyrrole nitrogens is 1. The van der Waals surface area contributed by atoms with E-state index in [9.17, 15) is 0 Å². The van der Waals surface area contributed by atoms with Crippen LogP contribution in [0, 0.1) is 11.8 Å². The molecule has 1 heterocycles. The van der Waals surface area contributed by atoms with Crippen molar-refractivity contribution in [3.63, 3.8) is 0 Å². The molecule has 0 fully saturated rings. The van der Waals surface area contributed by atoms with Gasteiger partial charge in [0.1, 0.15) is 0 Å². The van der Waals surface area contributed by atoms with E-state index in [1.807, 2.05) is 18.2 Å². The van der Waals surface area contributed by atoms with Gasteiger partial charge in [0, 0.05) is 18.5 Å². The second-order valence-electron chi connectivity index (χ2n) is 2.97. The monoisotopic (exact) mass is 185 g/mol. The van der Waals surface area contributed by atoms with E-state index in [-0.39, 0.29) is 0 Å². The molecule has 0 aliphatic rings. The number of fused-ring (bicyclic) bond motifs is 1. The molecule has 0 spiro atoms. The highest BCUT2D eigenvalue weighted by molar-refractivity contribution is 5.76. The molecule has 3 N–H and O–H groups in total. The number of aromatic amines is 1. The van der Waals surface area contributed by atoms with Crippen molar-refractivity contribution in [1.82, 2.24) is 9.97 Å². The second kappa shape index (κ2) is 3.95. The largest absolute Gasteiger partial charge is 0.345 e. The maximum atomic E-state index is 5.35. The van der Waals surface area contributed by atoms with Gasteiger partial charge in [0.15, 0.2) is 0 Å². The Balaban J connectivity index is 2.31. The average molecular weight is 185 g/mol. The van der Waals surface area contributed by atoms with Gasteiger partial charge in [-0.1, -0.05) is 11.8 Å². The third-order valence-corrected chi connectivity index (χ3v) is 1.92. The molecule has 0 aliphatic heterocycles. The fourth-order valence-corrected chi connectivity index (χ4v) is 1.25. The lowest BCUT2D eigenvalue weighted by Gasteiger charge is -1.90. The summed E-state index contributed by atoms with van der Waals surface area (Å²) in [6, 6.07) is 5.91. The number of aromatic nitrogens is 2. The molecular weight excluding hydrogens is 174 g/mol. The third-order valence-electron chi connectivity index (χ3n) is 1.92. The number of nitrogens with two attached hydrogens (primary N) is 1. The molecule has 0 aliphatic carbocycles. The van der Waals surface area contributed by atoms with Gasteiger partial charge in [0.25, 0.3) is 0 Å². The number of imidazole rings is 1. The normalized spacial score (nSPS) is 9.79. The number of hydrogen-bond donors (Lipinski definition) is 2. The van der Waals surface area contributed by atoms with Crippen molar-refractivity contribution in [3.8, 4) is 11.8 Å². The lowest BCUT2D eigenvalue weighted by molar-refractivity contribution is 1.03. The molecule has 2 rings (SSSR count). The summed E-state index contributed by atoms with van der Waals surface area (Å²) in [4.78, 5) is 7.18. The Kier molecular flexibility index (Phi) is 2.48. The molecule has 14 heavy (non-hydrogen) atoms. The van der Waals surface area contributed by atoms with E-state index in [4.69, 9.17) is 5.73 Å².